The Bertz CT molecular complexity index is 1110. The van der Waals surface area contributed by atoms with E-state index in [1.807, 2.05) is 12.1 Å². The number of carboxylic acid groups (broad SMARTS) is 1. The quantitative estimate of drug-likeness (QED) is 0.605. The summed E-state index contributed by atoms with van der Waals surface area (Å²) in [6.07, 6.45) is -0.0208. The first kappa shape index (κ1) is 20.6. The first-order valence-corrected chi connectivity index (χ1v) is 9.93. The molecule has 3 rings (SSSR count). The molecular weight excluding hydrogens is 408 g/mol. The second kappa shape index (κ2) is 9.37. The van der Waals surface area contributed by atoms with E-state index in [0.717, 1.165) is 11.1 Å². The molecule has 29 heavy (non-hydrogen) atoms. The smallest absolute Gasteiger partial charge is 0.307 e. The highest BCUT2D eigenvalue weighted by atomic mass is 35.5. The van der Waals surface area contributed by atoms with Gasteiger partial charge in [0.1, 0.15) is 4.88 Å². The predicted octanol–water partition coefficient (Wildman–Crippen LogP) is 4.06. The molecule has 0 spiro atoms. The molecule has 0 aliphatic heterocycles. The molecule has 2 N–H and O–H groups in total. The maximum absolute atomic E-state index is 12.5. The van der Waals surface area contributed by atoms with Crippen molar-refractivity contribution in [2.75, 3.05) is 0 Å². The topological polar surface area (TPSA) is 79.3 Å². The Morgan fingerprint density at radius 1 is 1.14 bits per heavy atom. The summed E-state index contributed by atoms with van der Waals surface area (Å²) in [4.78, 5) is 28.1. The van der Waals surface area contributed by atoms with Gasteiger partial charge in [0.2, 0.25) is 0 Å². The van der Waals surface area contributed by atoms with Crippen LogP contribution in [0.25, 0.3) is 0 Å². The summed E-state index contributed by atoms with van der Waals surface area (Å²) in [6, 6.07) is 14.3. The van der Waals surface area contributed by atoms with Crippen molar-refractivity contribution in [2.24, 2.45) is 0 Å². The van der Waals surface area contributed by atoms with E-state index < -0.39 is 5.97 Å². The standard InChI is InChI=1S/C22H17ClN2O3S/c1-14-21(22(28)24-13-17-3-2-4-18(23)11-17)29-19(25-14)10-9-15-5-7-16(8-6-15)12-20(26)27/h2-8,11H,12-13H2,1H3,(H,24,28)(H,26,27). The van der Waals surface area contributed by atoms with E-state index in [-0.39, 0.29) is 12.3 Å². The van der Waals surface area contributed by atoms with E-state index in [1.54, 1.807) is 43.3 Å². The maximum atomic E-state index is 12.5. The van der Waals surface area contributed by atoms with Crippen molar-refractivity contribution >= 4 is 34.8 Å². The molecule has 3 aromatic rings. The molecule has 0 aliphatic rings. The fraction of sp³-hybridized carbons (Fsp3) is 0.136. The summed E-state index contributed by atoms with van der Waals surface area (Å²) in [6.45, 7) is 2.15. The average molecular weight is 425 g/mol. The number of aryl methyl sites for hydroxylation is 1. The third-order valence-corrected chi connectivity index (χ3v) is 5.27. The van der Waals surface area contributed by atoms with Crippen molar-refractivity contribution < 1.29 is 14.7 Å². The van der Waals surface area contributed by atoms with E-state index in [9.17, 15) is 9.59 Å². The molecule has 0 fully saturated rings. The van der Waals surface area contributed by atoms with Gasteiger partial charge in [-0.15, -0.1) is 11.3 Å². The molecule has 1 heterocycles. The Balaban J connectivity index is 1.66. The third-order valence-electron chi connectivity index (χ3n) is 3.97. The summed E-state index contributed by atoms with van der Waals surface area (Å²) in [7, 11) is 0. The van der Waals surface area contributed by atoms with Crippen LogP contribution in [0, 0.1) is 18.8 Å². The monoisotopic (exact) mass is 424 g/mol. The molecule has 2 aromatic carbocycles. The average Bonchev–Trinajstić information content (AvgIpc) is 3.06. The number of carbonyl (C=O) groups is 2. The zero-order chi connectivity index (χ0) is 20.8. The number of aliphatic carboxylic acids is 1. The van der Waals surface area contributed by atoms with Crippen LogP contribution in [0.15, 0.2) is 48.5 Å². The number of hydrogen-bond donors (Lipinski definition) is 2. The molecule has 0 unspecified atom stereocenters. The van der Waals surface area contributed by atoms with E-state index in [0.29, 0.717) is 32.7 Å². The number of amides is 1. The zero-order valence-corrected chi connectivity index (χ0v) is 17.1. The highest BCUT2D eigenvalue weighted by molar-refractivity contribution is 7.14. The molecule has 0 radical (unpaired) electrons. The summed E-state index contributed by atoms with van der Waals surface area (Å²) in [5, 5.41) is 12.8. The number of thiazole rings is 1. The van der Waals surface area contributed by atoms with Gasteiger partial charge in [0, 0.05) is 17.1 Å². The minimum absolute atomic E-state index is 0.0208. The van der Waals surface area contributed by atoms with Crippen molar-refractivity contribution in [3.8, 4) is 11.8 Å². The second-order valence-corrected chi connectivity index (χ2v) is 7.70. The van der Waals surface area contributed by atoms with Crippen molar-refractivity contribution in [3.05, 3.63) is 85.8 Å². The van der Waals surface area contributed by atoms with Crippen LogP contribution in [0.2, 0.25) is 5.02 Å². The first-order valence-electron chi connectivity index (χ1n) is 8.73. The van der Waals surface area contributed by atoms with Crippen LogP contribution in [0.3, 0.4) is 0 Å². The summed E-state index contributed by atoms with van der Waals surface area (Å²) in [5.41, 5.74) is 3.00. The van der Waals surface area contributed by atoms with Gasteiger partial charge >= 0.3 is 5.97 Å². The van der Waals surface area contributed by atoms with E-state index in [1.165, 1.54) is 11.3 Å². The van der Waals surface area contributed by atoms with Crippen molar-refractivity contribution in [1.29, 1.82) is 0 Å². The van der Waals surface area contributed by atoms with Crippen LogP contribution in [-0.4, -0.2) is 22.0 Å². The van der Waals surface area contributed by atoms with Crippen molar-refractivity contribution in [1.82, 2.24) is 10.3 Å². The molecular formula is C22H17ClN2O3S. The van der Waals surface area contributed by atoms with Gasteiger partial charge in [-0.2, -0.15) is 0 Å². The Kier molecular flexibility index (Phi) is 6.65. The zero-order valence-electron chi connectivity index (χ0n) is 15.5. The number of hydrogen-bond acceptors (Lipinski definition) is 4. The lowest BCUT2D eigenvalue weighted by Gasteiger charge is -2.04. The predicted molar refractivity (Wildman–Crippen MR) is 113 cm³/mol. The normalized spacial score (nSPS) is 10.1. The van der Waals surface area contributed by atoms with Gasteiger partial charge in [0.25, 0.3) is 5.91 Å². The summed E-state index contributed by atoms with van der Waals surface area (Å²) < 4.78 is 0. The number of nitrogens with zero attached hydrogens (tertiary/aromatic N) is 1. The molecule has 0 atom stereocenters. The molecule has 7 heteroatoms. The second-order valence-electron chi connectivity index (χ2n) is 6.26. The molecule has 5 nitrogen and oxygen atoms in total. The Hall–Kier alpha value is -3.14. The fourth-order valence-electron chi connectivity index (χ4n) is 2.58. The van der Waals surface area contributed by atoms with Gasteiger partial charge in [-0.25, -0.2) is 4.98 Å². The number of aromatic nitrogens is 1. The van der Waals surface area contributed by atoms with Gasteiger partial charge < -0.3 is 10.4 Å². The molecule has 1 amide bonds. The number of halogens is 1. The Morgan fingerprint density at radius 2 is 1.90 bits per heavy atom. The minimum atomic E-state index is -0.872. The molecule has 1 aromatic heterocycles. The van der Waals surface area contributed by atoms with Crippen LogP contribution >= 0.6 is 22.9 Å². The number of carbonyl (C=O) groups excluding carboxylic acids is 1. The van der Waals surface area contributed by atoms with E-state index in [4.69, 9.17) is 16.7 Å². The van der Waals surface area contributed by atoms with Crippen molar-refractivity contribution in [3.63, 3.8) is 0 Å². The molecule has 0 saturated heterocycles. The van der Waals surface area contributed by atoms with Gasteiger partial charge in [0.05, 0.1) is 12.1 Å². The fourth-order valence-corrected chi connectivity index (χ4v) is 3.63. The maximum Gasteiger partial charge on any atom is 0.307 e. The molecule has 0 aliphatic carbocycles. The lowest BCUT2D eigenvalue weighted by Crippen LogP contribution is -2.22. The van der Waals surface area contributed by atoms with Crippen LogP contribution in [0.5, 0.6) is 0 Å². The molecule has 0 bridgehead atoms. The van der Waals surface area contributed by atoms with Gasteiger partial charge in [-0.05, 0) is 48.2 Å². The highest BCUT2D eigenvalue weighted by Gasteiger charge is 2.14. The number of carboxylic acids is 1. The largest absolute Gasteiger partial charge is 0.481 e. The SMILES string of the molecule is Cc1nc(C#Cc2ccc(CC(=O)O)cc2)sc1C(=O)NCc1cccc(Cl)c1. The van der Waals surface area contributed by atoms with Crippen LogP contribution in [0.4, 0.5) is 0 Å². The van der Waals surface area contributed by atoms with Gasteiger partial charge in [-0.1, -0.05) is 41.8 Å². The summed E-state index contributed by atoms with van der Waals surface area (Å²) in [5.74, 6) is 4.88. The molecule has 146 valence electrons. The Labute approximate surface area is 177 Å². The van der Waals surface area contributed by atoms with Crippen LogP contribution < -0.4 is 5.32 Å². The molecule has 0 saturated carbocycles. The highest BCUT2D eigenvalue weighted by Crippen LogP contribution is 2.18. The lowest BCUT2D eigenvalue weighted by molar-refractivity contribution is -0.136. The number of benzene rings is 2. The van der Waals surface area contributed by atoms with Crippen LogP contribution in [0.1, 0.15) is 37.1 Å². The number of rotatable bonds is 5. The lowest BCUT2D eigenvalue weighted by atomic mass is 10.1. The first-order chi connectivity index (χ1) is 13.9. The van der Waals surface area contributed by atoms with E-state index >= 15 is 0 Å². The van der Waals surface area contributed by atoms with Crippen LogP contribution in [-0.2, 0) is 17.8 Å². The third kappa shape index (κ3) is 5.92. The van der Waals surface area contributed by atoms with Gasteiger partial charge in [0.15, 0.2) is 5.01 Å². The van der Waals surface area contributed by atoms with E-state index in [2.05, 4.69) is 22.1 Å². The van der Waals surface area contributed by atoms with Gasteiger partial charge in [-0.3, -0.25) is 9.59 Å². The summed E-state index contributed by atoms with van der Waals surface area (Å²) >= 11 is 7.20. The Morgan fingerprint density at radius 3 is 2.59 bits per heavy atom. The minimum Gasteiger partial charge on any atom is -0.481 e. The van der Waals surface area contributed by atoms with Crippen molar-refractivity contribution in [2.45, 2.75) is 19.9 Å². The number of nitrogens with one attached hydrogen (secondary N) is 1.